The number of esters is 2. The lowest BCUT2D eigenvalue weighted by Gasteiger charge is -2.29. The number of halogens is 1. The Kier molecular flexibility index (Phi) is 6.52. The second-order valence-corrected chi connectivity index (χ2v) is 10.0. The van der Waals surface area contributed by atoms with Crippen LogP contribution in [0.4, 0.5) is 10.1 Å². The van der Waals surface area contributed by atoms with Crippen LogP contribution in [-0.2, 0) is 9.53 Å². The van der Waals surface area contributed by atoms with Gasteiger partial charge in [-0.2, -0.15) is 5.10 Å². The Labute approximate surface area is 225 Å². The first-order valence-electron chi connectivity index (χ1n) is 13.1. The number of benzene rings is 3. The van der Waals surface area contributed by atoms with Crippen LogP contribution >= 0.6 is 0 Å². The van der Waals surface area contributed by atoms with E-state index in [-0.39, 0.29) is 28.8 Å². The fourth-order valence-electron chi connectivity index (χ4n) is 5.22. The van der Waals surface area contributed by atoms with Crippen molar-refractivity contribution in [3.63, 3.8) is 0 Å². The summed E-state index contributed by atoms with van der Waals surface area (Å²) in [7, 11) is 1.31. The number of ether oxygens (including phenoxy) is 2. The molecule has 1 saturated carbocycles. The van der Waals surface area contributed by atoms with Gasteiger partial charge in [0, 0.05) is 60.0 Å². The van der Waals surface area contributed by atoms with E-state index >= 15 is 4.39 Å². The number of hydrogen-bond donors (Lipinski definition) is 2. The Balaban J connectivity index is 1.49. The van der Waals surface area contributed by atoms with Gasteiger partial charge in [0.25, 0.3) is 0 Å². The molecule has 6 rings (SSSR count). The number of piperazine rings is 1. The Morgan fingerprint density at radius 2 is 1.77 bits per heavy atom. The smallest absolute Gasteiger partial charge is 0.339 e. The third-order valence-electron chi connectivity index (χ3n) is 7.42. The number of carbonyl (C=O) groups is 2. The molecule has 0 unspecified atom stereocenters. The van der Waals surface area contributed by atoms with Gasteiger partial charge in [-0.25, -0.2) is 9.18 Å². The summed E-state index contributed by atoms with van der Waals surface area (Å²) in [4.78, 5) is 27.7. The highest BCUT2D eigenvalue weighted by atomic mass is 19.1. The van der Waals surface area contributed by atoms with E-state index in [1.807, 2.05) is 31.2 Å². The number of nitrogens with one attached hydrogen (secondary N) is 2. The summed E-state index contributed by atoms with van der Waals surface area (Å²) in [6, 6.07) is 14.0. The van der Waals surface area contributed by atoms with Crippen LogP contribution < -0.4 is 15.0 Å². The first kappa shape index (κ1) is 25.1. The maximum absolute atomic E-state index is 15.6. The Morgan fingerprint density at radius 3 is 2.44 bits per heavy atom. The molecule has 4 aromatic rings. The molecule has 0 bridgehead atoms. The molecule has 2 heterocycles. The number of aryl methyl sites for hydroxylation is 1. The van der Waals surface area contributed by atoms with Gasteiger partial charge in [-0.3, -0.25) is 9.89 Å². The van der Waals surface area contributed by atoms with E-state index in [2.05, 4.69) is 20.4 Å². The van der Waals surface area contributed by atoms with E-state index in [0.29, 0.717) is 22.3 Å². The third kappa shape index (κ3) is 4.74. The van der Waals surface area contributed by atoms with Crippen molar-refractivity contribution in [2.24, 2.45) is 5.92 Å². The van der Waals surface area contributed by atoms with Crippen molar-refractivity contribution in [2.75, 3.05) is 38.2 Å². The van der Waals surface area contributed by atoms with Crippen molar-refractivity contribution in [1.82, 2.24) is 15.5 Å². The van der Waals surface area contributed by atoms with E-state index in [1.54, 1.807) is 12.1 Å². The summed E-state index contributed by atoms with van der Waals surface area (Å²) < 4.78 is 26.1. The van der Waals surface area contributed by atoms with E-state index in [9.17, 15) is 9.59 Å². The van der Waals surface area contributed by atoms with Crippen LogP contribution in [0.15, 0.2) is 48.5 Å². The molecule has 200 valence electrons. The van der Waals surface area contributed by atoms with Crippen molar-refractivity contribution in [3.8, 4) is 28.0 Å². The van der Waals surface area contributed by atoms with Gasteiger partial charge in [0.15, 0.2) is 0 Å². The predicted octanol–water partition coefficient (Wildman–Crippen LogP) is 4.86. The fraction of sp³-hybridized carbons (Fsp3) is 0.300. The lowest BCUT2D eigenvalue weighted by molar-refractivity contribution is -0.135. The minimum atomic E-state index is -0.614. The van der Waals surface area contributed by atoms with Crippen molar-refractivity contribution in [2.45, 2.75) is 19.8 Å². The van der Waals surface area contributed by atoms with Crippen molar-refractivity contribution in [3.05, 3.63) is 65.6 Å². The van der Waals surface area contributed by atoms with Gasteiger partial charge in [0.1, 0.15) is 11.6 Å². The van der Waals surface area contributed by atoms with Gasteiger partial charge < -0.3 is 19.7 Å². The molecular weight excluding hydrogens is 499 g/mol. The molecule has 0 radical (unpaired) electrons. The molecule has 9 heteroatoms. The van der Waals surface area contributed by atoms with E-state index < -0.39 is 11.8 Å². The molecule has 8 nitrogen and oxygen atoms in total. The number of anilines is 1. The topological polar surface area (TPSA) is 96.5 Å². The number of rotatable bonds is 6. The van der Waals surface area contributed by atoms with Gasteiger partial charge >= 0.3 is 11.9 Å². The number of hydrogen-bond acceptors (Lipinski definition) is 7. The lowest BCUT2D eigenvalue weighted by atomic mass is 9.88. The van der Waals surface area contributed by atoms with Crippen molar-refractivity contribution >= 4 is 28.5 Å². The summed E-state index contributed by atoms with van der Waals surface area (Å²) in [6.07, 6.45) is 1.59. The number of methoxy groups -OCH3 is 1. The first-order valence-corrected chi connectivity index (χ1v) is 13.1. The molecule has 1 saturated heterocycles. The zero-order valence-electron chi connectivity index (χ0n) is 21.8. The molecule has 2 aliphatic rings. The summed E-state index contributed by atoms with van der Waals surface area (Å²) >= 11 is 0. The largest absolute Gasteiger partial charge is 0.465 e. The highest BCUT2D eigenvalue weighted by molar-refractivity contribution is 6.13. The quantitative estimate of drug-likeness (QED) is 0.273. The second kappa shape index (κ2) is 10.1. The number of H-pyrrole nitrogens is 1. The van der Waals surface area contributed by atoms with Crippen LogP contribution in [0.3, 0.4) is 0 Å². The van der Waals surface area contributed by atoms with Crippen LogP contribution in [0.5, 0.6) is 5.75 Å². The average molecular weight is 529 g/mol. The highest BCUT2D eigenvalue weighted by Gasteiger charge is 2.32. The number of aromatic amines is 1. The standard InChI is InChI=1S/C30H29FN4O4/c1-17-26-25(34-33-17)16-23(22-10-9-21(15-24(22)31)39-29(36)19-3-4-19)28(30(37)38-2)27(26)18-5-7-20(8-6-18)35-13-11-32-12-14-35/h5-10,15-16,19,32H,3-4,11-14H2,1-2H3,(H,33,34). The molecule has 3 aromatic carbocycles. The molecular formula is C30H29FN4O4. The number of carbonyl (C=O) groups excluding carboxylic acids is 2. The Morgan fingerprint density at radius 1 is 1.03 bits per heavy atom. The zero-order valence-corrected chi connectivity index (χ0v) is 21.8. The molecule has 1 aliphatic heterocycles. The molecule has 39 heavy (non-hydrogen) atoms. The van der Waals surface area contributed by atoms with E-state index in [0.717, 1.165) is 55.7 Å². The second-order valence-electron chi connectivity index (χ2n) is 10.0. The van der Waals surface area contributed by atoms with Crippen LogP contribution in [0.1, 0.15) is 28.9 Å². The van der Waals surface area contributed by atoms with E-state index in [1.165, 1.54) is 19.2 Å². The van der Waals surface area contributed by atoms with Crippen molar-refractivity contribution in [1.29, 1.82) is 0 Å². The Hall–Kier alpha value is -4.24. The third-order valence-corrected chi connectivity index (χ3v) is 7.42. The molecule has 1 aromatic heterocycles. The summed E-state index contributed by atoms with van der Waals surface area (Å²) in [5.74, 6) is -1.52. The summed E-state index contributed by atoms with van der Waals surface area (Å²) in [5, 5.41) is 11.5. The maximum Gasteiger partial charge on any atom is 0.339 e. The van der Waals surface area contributed by atoms with E-state index in [4.69, 9.17) is 9.47 Å². The molecule has 0 spiro atoms. The average Bonchev–Trinajstić information content (AvgIpc) is 3.75. The molecule has 2 fully saturated rings. The molecule has 1 aliphatic carbocycles. The van der Waals surface area contributed by atoms with Crippen LogP contribution in [-0.4, -0.2) is 55.4 Å². The van der Waals surface area contributed by atoms with Gasteiger partial charge in [-0.15, -0.1) is 0 Å². The minimum Gasteiger partial charge on any atom is -0.465 e. The molecule has 2 N–H and O–H groups in total. The van der Waals surface area contributed by atoms with Gasteiger partial charge in [0.2, 0.25) is 0 Å². The minimum absolute atomic E-state index is 0.106. The summed E-state index contributed by atoms with van der Waals surface area (Å²) in [5.41, 5.74) is 4.68. The number of nitrogens with zero attached hydrogens (tertiary/aromatic N) is 2. The number of fused-ring (bicyclic) bond motifs is 1. The Bertz CT molecular complexity index is 1570. The van der Waals surface area contributed by atoms with Crippen LogP contribution in [0.2, 0.25) is 0 Å². The highest BCUT2D eigenvalue weighted by Crippen LogP contribution is 2.42. The zero-order chi connectivity index (χ0) is 27.1. The normalized spacial score (nSPS) is 15.4. The van der Waals surface area contributed by atoms with Crippen LogP contribution in [0.25, 0.3) is 33.2 Å². The first-order chi connectivity index (χ1) is 18.9. The summed E-state index contributed by atoms with van der Waals surface area (Å²) in [6.45, 7) is 5.55. The van der Waals surface area contributed by atoms with Gasteiger partial charge in [0.05, 0.1) is 29.8 Å². The molecule has 0 amide bonds. The van der Waals surface area contributed by atoms with Gasteiger partial charge in [-0.05, 0) is 55.7 Å². The monoisotopic (exact) mass is 528 g/mol. The predicted molar refractivity (Wildman–Crippen MR) is 146 cm³/mol. The van der Waals surface area contributed by atoms with Gasteiger partial charge in [-0.1, -0.05) is 12.1 Å². The number of aromatic nitrogens is 2. The maximum atomic E-state index is 15.6. The fourth-order valence-corrected chi connectivity index (χ4v) is 5.22. The van der Waals surface area contributed by atoms with Crippen LogP contribution in [0, 0.1) is 18.7 Å². The lowest BCUT2D eigenvalue weighted by Crippen LogP contribution is -2.43. The van der Waals surface area contributed by atoms with Crippen molar-refractivity contribution < 1.29 is 23.5 Å². The SMILES string of the molecule is COC(=O)c1c(-c2ccc(OC(=O)C3CC3)cc2F)cc2[nH]nc(C)c2c1-c1ccc(N2CCNCC2)cc1. The molecule has 0 atom stereocenters.